The number of aromatic nitrogens is 2. The molecular weight excluding hydrogens is 408 g/mol. The third-order valence-electron chi connectivity index (χ3n) is 5.58. The van der Waals surface area contributed by atoms with Crippen molar-refractivity contribution in [3.05, 3.63) is 77.1 Å². The molecule has 4 rings (SSSR count). The minimum absolute atomic E-state index is 0.0291. The van der Waals surface area contributed by atoms with Gasteiger partial charge in [-0.05, 0) is 12.1 Å². The van der Waals surface area contributed by atoms with Crippen LogP contribution >= 0.6 is 0 Å². The Labute approximate surface area is 186 Å². The summed E-state index contributed by atoms with van der Waals surface area (Å²) in [6.07, 6.45) is 1.48. The molecule has 9 nitrogen and oxygen atoms in total. The van der Waals surface area contributed by atoms with Gasteiger partial charge < -0.3 is 9.80 Å². The van der Waals surface area contributed by atoms with Crippen LogP contribution in [-0.2, 0) is 4.79 Å². The number of rotatable bonds is 6. The maximum Gasteiger partial charge on any atom is 0.270 e. The van der Waals surface area contributed by atoms with E-state index in [0.717, 1.165) is 37.7 Å². The number of likely N-dealkylation sites (N-methyl/N-ethyl adjacent to an activating group) is 1. The highest BCUT2D eigenvalue weighted by Gasteiger charge is 2.22. The zero-order chi connectivity index (χ0) is 22.5. The van der Waals surface area contributed by atoms with Gasteiger partial charge in [0.1, 0.15) is 12.1 Å². The van der Waals surface area contributed by atoms with E-state index >= 15 is 0 Å². The molecule has 1 aliphatic rings. The number of nitrogens with zero attached hydrogens (tertiary/aromatic N) is 6. The molecule has 1 aliphatic heterocycles. The second kappa shape index (κ2) is 9.52. The molecule has 0 atom stereocenters. The fourth-order valence-corrected chi connectivity index (χ4v) is 3.68. The molecule has 0 unspecified atom stereocenters. The highest BCUT2D eigenvalue weighted by Crippen LogP contribution is 2.25. The van der Waals surface area contributed by atoms with Gasteiger partial charge in [0.05, 0.1) is 17.2 Å². The second-order valence-corrected chi connectivity index (χ2v) is 7.62. The number of hydrogen-bond acceptors (Lipinski definition) is 7. The van der Waals surface area contributed by atoms with E-state index in [1.807, 2.05) is 36.4 Å². The molecule has 0 radical (unpaired) electrons. The first-order valence-corrected chi connectivity index (χ1v) is 10.4. The summed E-state index contributed by atoms with van der Waals surface area (Å²) in [4.78, 5) is 37.9. The minimum Gasteiger partial charge on any atom is -0.354 e. The van der Waals surface area contributed by atoms with Crippen molar-refractivity contribution in [3.63, 3.8) is 0 Å². The lowest BCUT2D eigenvalue weighted by molar-refractivity contribution is -0.384. The van der Waals surface area contributed by atoms with Gasteiger partial charge in [0.25, 0.3) is 5.69 Å². The van der Waals surface area contributed by atoms with Gasteiger partial charge in [-0.2, -0.15) is 0 Å². The Morgan fingerprint density at radius 3 is 2.50 bits per heavy atom. The van der Waals surface area contributed by atoms with Crippen LogP contribution in [0.25, 0.3) is 11.3 Å². The van der Waals surface area contributed by atoms with Gasteiger partial charge in [-0.1, -0.05) is 30.3 Å². The number of nitro groups is 1. The highest BCUT2D eigenvalue weighted by atomic mass is 16.6. The molecule has 1 aromatic heterocycles. The lowest BCUT2D eigenvalue weighted by atomic mass is 10.1. The van der Waals surface area contributed by atoms with Gasteiger partial charge in [0.15, 0.2) is 0 Å². The van der Waals surface area contributed by atoms with Crippen LogP contribution in [0.5, 0.6) is 0 Å². The van der Waals surface area contributed by atoms with E-state index in [2.05, 4.69) is 19.8 Å². The van der Waals surface area contributed by atoms with Crippen LogP contribution in [0.2, 0.25) is 0 Å². The Balaban J connectivity index is 1.37. The summed E-state index contributed by atoms with van der Waals surface area (Å²) in [5.41, 5.74) is 2.23. The van der Waals surface area contributed by atoms with E-state index in [1.54, 1.807) is 24.1 Å². The molecule has 0 aliphatic carbocycles. The van der Waals surface area contributed by atoms with Crippen LogP contribution in [0.1, 0.15) is 0 Å². The first-order valence-electron chi connectivity index (χ1n) is 10.4. The second-order valence-electron chi connectivity index (χ2n) is 7.62. The number of benzene rings is 2. The lowest BCUT2D eigenvalue weighted by Crippen LogP contribution is -2.50. The van der Waals surface area contributed by atoms with Crippen molar-refractivity contribution in [1.82, 2.24) is 14.9 Å². The third-order valence-corrected chi connectivity index (χ3v) is 5.58. The van der Waals surface area contributed by atoms with E-state index in [9.17, 15) is 14.9 Å². The van der Waals surface area contributed by atoms with Crippen LogP contribution in [0.4, 0.5) is 17.2 Å². The molecule has 0 N–H and O–H groups in total. The van der Waals surface area contributed by atoms with E-state index < -0.39 is 4.92 Å². The average Bonchev–Trinajstić information content (AvgIpc) is 2.84. The van der Waals surface area contributed by atoms with Crippen molar-refractivity contribution in [2.45, 2.75) is 0 Å². The summed E-state index contributed by atoms with van der Waals surface area (Å²) in [7, 11) is 1.80. The number of anilines is 2. The highest BCUT2D eigenvalue weighted by molar-refractivity contribution is 5.94. The van der Waals surface area contributed by atoms with Crippen molar-refractivity contribution in [2.24, 2.45) is 0 Å². The van der Waals surface area contributed by atoms with Gasteiger partial charge in [-0.15, -0.1) is 0 Å². The van der Waals surface area contributed by atoms with Gasteiger partial charge in [0.2, 0.25) is 5.91 Å². The topological polar surface area (TPSA) is 95.7 Å². The zero-order valence-corrected chi connectivity index (χ0v) is 17.8. The van der Waals surface area contributed by atoms with Gasteiger partial charge in [-0.3, -0.25) is 19.8 Å². The molecule has 0 spiro atoms. The molecule has 0 saturated carbocycles. The molecule has 3 aromatic rings. The average molecular weight is 432 g/mol. The van der Waals surface area contributed by atoms with Crippen molar-refractivity contribution >= 4 is 23.1 Å². The molecule has 0 bridgehead atoms. The Morgan fingerprint density at radius 1 is 1.03 bits per heavy atom. The fraction of sp³-hybridized carbons (Fsp3) is 0.261. The number of piperazine rings is 1. The molecule has 164 valence electrons. The van der Waals surface area contributed by atoms with Crippen molar-refractivity contribution < 1.29 is 9.72 Å². The molecule has 1 saturated heterocycles. The number of amides is 1. The van der Waals surface area contributed by atoms with E-state index in [0.29, 0.717) is 17.8 Å². The maximum atomic E-state index is 12.6. The number of carbonyl (C=O) groups excluding carboxylic acids is 1. The van der Waals surface area contributed by atoms with Crippen LogP contribution in [0.3, 0.4) is 0 Å². The first kappa shape index (κ1) is 21.4. The first-order chi connectivity index (χ1) is 15.5. The number of nitro benzene ring substituents is 1. The molecule has 1 amide bonds. The molecule has 32 heavy (non-hydrogen) atoms. The predicted octanol–water partition coefficient (Wildman–Crippen LogP) is 2.84. The smallest absolute Gasteiger partial charge is 0.270 e. The Hall–Kier alpha value is -3.85. The largest absolute Gasteiger partial charge is 0.354 e. The van der Waals surface area contributed by atoms with E-state index in [-0.39, 0.29) is 11.6 Å². The fourth-order valence-electron chi connectivity index (χ4n) is 3.68. The van der Waals surface area contributed by atoms with Crippen molar-refractivity contribution in [1.29, 1.82) is 0 Å². The molecular formula is C23H24N6O3. The number of non-ortho nitro benzene ring substituents is 1. The quantitative estimate of drug-likeness (QED) is 0.437. The van der Waals surface area contributed by atoms with Crippen LogP contribution in [-0.4, -0.2) is 65.5 Å². The molecule has 2 aromatic carbocycles. The summed E-state index contributed by atoms with van der Waals surface area (Å²) in [6.45, 7) is 3.30. The van der Waals surface area contributed by atoms with Crippen LogP contribution in [0, 0.1) is 10.1 Å². The van der Waals surface area contributed by atoms with Crippen molar-refractivity contribution in [2.75, 3.05) is 49.6 Å². The van der Waals surface area contributed by atoms with Crippen LogP contribution < -0.4 is 9.80 Å². The molecule has 2 heterocycles. The Morgan fingerprint density at radius 2 is 1.78 bits per heavy atom. The maximum absolute atomic E-state index is 12.6. The molecule has 9 heteroatoms. The monoisotopic (exact) mass is 432 g/mol. The third kappa shape index (κ3) is 4.89. The lowest BCUT2D eigenvalue weighted by Gasteiger charge is -2.35. The number of carbonyl (C=O) groups is 1. The van der Waals surface area contributed by atoms with E-state index in [1.165, 1.54) is 18.5 Å². The van der Waals surface area contributed by atoms with Crippen molar-refractivity contribution in [3.8, 4) is 11.3 Å². The van der Waals surface area contributed by atoms with Gasteiger partial charge in [-0.25, -0.2) is 9.97 Å². The van der Waals surface area contributed by atoms with Gasteiger partial charge in [0, 0.05) is 62.7 Å². The SMILES string of the molecule is CN(C(=O)CN1CCN(c2cc(-c3cccc([N+](=O)[O-])c3)ncn2)CC1)c1ccccc1. The predicted molar refractivity (Wildman–Crippen MR) is 123 cm³/mol. The van der Waals surface area contributed by atoms with Gasteiger partial charge >= 0.3 is 0 Å². The minimum atomic E-state index is -0.415. The summed E-state index contributed by atoms with van der Waals surface area (Å²) in [6, 6.07) is 17.9. The standard InChI is InChI=1S/C23H24N6O3/c1-26(19-7-3-2-4-8-19)23(30)16-27-10-12-28(13-11-27)22-15-21(24-17-25-22)18-6-5-9-20(14-18)29(31)32/h2-9,14-15,17H,10-13,16H2,1H3. The zero-order valence-electron chi connectivity index (χ0n) is 17.8. The summed E-state index contributed by atoms with van der Waals surface area (Å²) in [5, 5.41) is 11.1. The van der Waals surface area contributed by atoms with Crippen LogP contribution in [0.15, 0.2) is 67.0 Å². The normalized spacial score (nSPS) is 14.2. The number of para-hydroxylation sites is 1. The number of hydrogen-bond donors (Lipinski definition) is 0. The molecule has 1 fully saturated rings. The Bertz CT molecular complexity index is 1100. The summed E-state index contributed by atoms with van der Waals surface area (Å²) in [5.74, 6) is 0.827. The Kier molecular flexibility index (Phi) is 6.37. The summed E-state index contributed by atoms with van der Waals surface area (Å²) >= 11 is 0. The van der Waals surface area contributed by atoms with E-state index in [4.69, 9.17) is 0 Å². The summed E-state index contributed by atoms with van der Waals surface area (Å²) < 4.78 is 0.